The highest BCUT2D eigenvalue weighted by molar-refractivity contribution is 5.80. The maximum atomic E-state index is 2.27. The summed E-state index contributed by atoms with van der Waals surface area (Å²) in [6.45, 7) is 4.37. The Morgan fingerprint density at radius 3 is 2.29 bits per heavy atom. The predicted octanol–water partition coefficient (Wildman–Crippen LogP) is 4.81. The van der Waals surface area contributed by atoms with Crippen molar-refractivity contribution >= 4 is 11.6 Å². The maximum Gasteiger partial charge on any atom is -0.0222 e. The Hall–Kier alpha value is -1.82. The van der Waals surface area contributed by atoms with E-state index in [4.69, 9.17) is 0 Å². The highest BCUT2D eigenvalue weighted by Gasteiger charge is 1.98. The van der Waals surface area contributed by atoms with E-state index >= 15 is 0 Å². The molecule has 0 aliphatic heterocycles. The molecule has 0 aromatic heterocycles. The van der Waals surface area contributed by atoms with Crippen molar-refractivity contribution in [1.82, 2.24) is 0 Å². The molecule has 0 unspecified atom stereocenters. The van der Waals surface area contributed by atoms with Gasteiger partial charge < -0.3 is 0 Å². The third-order valence-electron chi connectivity index (χ3n) is 3.04. The molecule has 0 bridgehead atoms. The second-order valence-corrected chi connectivity index (χ2v) is 4.25. The summed E-state index contributed by atoms with van der Waals surface area (Å²) in [6, 6.07) is 19.1. The van der Waals surface area contributed by atoms with Crippen LogP contribution in [0.1, 0.15) is 30.5 Å². The third kappa shape index (κ3) is 2.85. The minimum absolute atomic E-state index is 1.08. The molecule has 0 spiro atoms. The van der Waals surface area contributed by atoms with Crippen LogP contribution < -0.4 is 0 Å². The third-order valence-corrected chi connectivity index (χ3v) is 3.04. The first-order valence-electron chi connectivity index (χ1n) is 6.13. The Morgan fingerprint density at radius 1 is 0.941 bits per heavy atom. The van der Waals surface area contributed by atoms with E-state index in [0.29, 0.717) is 0 Å². The lowest BCUT2D eigenvalue weighted by Crippen LogP contribution is -1.86. The van der Waals surface area contributed by atoms with E-state index in [1.807, 2.05) is 0 Å². The Morgan fingerprint density at radius 2 is 1.59 bits per heavy atom. The molecule has 2 aromatic rings. The van der Waals surface area contributed by atoms with Crippen molar-refractivity contribution in [2.24, 2.45) is 0 Å². The molecular formula is C17H18. The maximum absolute atomic E-state index is 2.27. The van der Waals surface area contributed by atoms with Crippen molar-refractivity contribution in [2.45, 2.75) is 20.3 Å². The summed E-state index contributed by atoms with van der Waals surface area (Å²) in [5.41, 5.74) is 5.34. The van der Waals surface area contributed by atoms with Crippen LogP contribution >= 0.6 is 0 Å². The van der Waals surface area contributed by atoms with Gasteiger partial charge in [-0.3, -0.25) is 0 Å². The monoisotopic (exact) mass is 222 g/mol. The van der Waals surface area contributed by atoms with Gasteiger partial charge in [0.05, 0.1) is 0 Å². The van der Waals surface area contributed by atoms with Crippen LogP contribution in [0.15, 0.2) is 54.6 Å². The zero-order valence-corrected chi connectivity index (χ0v) is 10.5. The normalized spacial score (nSPS) is 11.5. The Kier molecular flexibility index (Phi) is 3.77. The van der Waals surface area contributed by atoms with Crippen LogP contribution in [0.25, 0.3) is 11.6 Å². The summed E-state index contributed by atoms with van der Waals surface area (Å²) in [4.78, 5) is 0. The smallest absolute Gasteiger partial charge is 0.0222 e. The topological polar surface area (TPSA) is 0 Å². The number of rotatable bonds is 3. The first-order chi connectivity index (χ1) is 8.31. The Balaban J connectivity index is 2.36. The summed E-state index contributed by atoms with van der Waals surface area (Å²) in [7, 11) is 0. The van der Waals surface area contributed by atoms with Crippen LogP contribution in [-0.2, 0) is 6.42 Å². The van der Waals surface area contributed by atoms with Crippen LogP contribution in [-0.4, -0.2) is 0 Å². The van der Waals surface area contributed by atoms with E-state index in [1.165, 1.54) is 22.3 Å². The van der Waals surface area contributed by atoms with Gasteiger partial charge in [-0.2, -0.15) is 0 Å². The quantitative estimate of drug-likeness (QED) is 0.654. The van der Waals surface area contributed by atoms with Crippen molar-refractivity contribution in [3.8, 4) is 0 Å². The average molecular weight is 222 g/mol. The highest BCUT2D eigenvalue weighted by Crippen LogP contribution is 2.19. The molecule has 0 fully saturated rings. The first-order valence-corrected chi connectivity index (χ1v) is 6.13. The molecule has 0 radical (unpaired) electrons. The van der Waals surface area contributed by atoms with E-state index in [0.717, 1.165) is 6.42 Å². The van der Waals surface area contributed by atoms with Crippen molar-refractivity contribution in [3.05, 3.63) is 71.3 Å². The fraction of sp³-hybridized carbons (Fsp3) is 0.176. The molecule has 86 valence electrons. The molecule has 17 heavy (non-hydrogen) atoms. The number of benzene rings is 2. The zero-order valence-electron chi connectivity index (χ0n) is 10.5. The highest BCUT2D eigenvalue weighted by atomic mass is 14.0. The lowest BCUT2D eigenvalue weighted by molar-refractivity contribution is 1.13. The molecule has 0 saturated heterocycles. The van der Waals surface area contributed by atoms with Gasteiger partial charge in [-0.05, 0) is 35.6 Å². The molecule has 0 heterocycles. The minimum atomic E-state index is 1.08. The van der Waals surface area contributed by atoms with Crippen molar-refractivity contribution in [1.29, 1.82) is 0 Å². The summed E-state index contributed by atoms with van der Waals surface area (Å²) in [5, 5.41) is 0. The van der Waals surface area contributed by atoms with Crippen LogP contribution in [0.2, 0.25) is 0 Å². The Labute approximate surface area is 104 Å². The van der Waals surface area contributed by atoms with Crippen LogP contribution in [0.4, 0.5) is 0 Å². The molecule has 0 N–H and O–H groups in total. The second kappa shape index (κ2) is 5.49. The van der Waals surface area contributed by atoms with Gasteiger partial charge in [0.2, 0.25) is 0 Å². The summed E-state index contributed by atoms with van der Waals surface area (Å²) in [6.07, 6.45) is 3.35. The molecule has 0 nitrogen and oxygen atoms in total. The number of allylic oxidation sites excluding steroid dienone is 1. The van der Waals surface area contributed by atoms with Gasteiger partial charge >= 0.3 is 0 Å². The number of hydrogen-bond donors (Lipinski definition) is 0. The van der Waals surface area contributed by atoms with E-state index in [1.54, 1.807) is 0 Å². The van der Waals surface area contributed by atoms with E-state index in [-0.39, 0.29) is 0 Å². The van der Waals surface area contributed by atoms with Gasteiger partial charge in [0.25, 0.3) is 0 Å². The van der Waals surface area contributed by atoms with Gasteiger partial charge in [-0.1, -0.05) is 67.6 Å². The molecule has 0 atom stereocenters. The molecule has 2 rings (SSSR count). The minimum Gasteiger partial charge on any atom is -0.0622 e. The lowest BCUT2D eigenvalue weighted by atomic mass is 10.00. The summed E-state index contributed by atoms with van der Waals surface area (Å²) >= 11 is 0. The average Bonchev–Trinajstić information content (AvgIpc) is 2.40. The predicted molar refractivity (Wildman–Crippen MR) is 75.8 cm³/mol. The van der Waals surface area contributed by atoms with Crippen molar-refractivity contribution in [2.75, 3.05) is 0 Å². The van der Waals surface area contributed by atoms with Gasteiger partial charge in [0, 0.05) is 0 Å². The molecule has 0 aliphatic rings. The molecule has 0 aliphatic carbocycles. The van der Waals surface area contributed by atoms with Crippen LogP contribution in [0.3, 0.4) is 0 Å². The van der Waals surface area contributed by atoms with Crippen LogP contribution in [0, 0.1) is 0 Å². The van der Waals surface area contributed by atoms with Gasteiger partial charge in [-0.25, -0.2) is 0 Å². The molecule has 0 amide bonds. The van der Waals surface area contributed by atoms with E-state index < -0.39 is 0 Å². The number of hydrogen-bond acceptors (Lipinski definition) is 0. The van der Waals surface area contributed by atoms with Gasteiger partial charge in [0.1, 0.15) is 0 Å². The lowest BCUT2D eigenvalue weighted by Gasteiger charge is -2.05. The fourth-order valence-electron chi connectivity index (χ4n) is 2.01. The van der Waals surface area contributed by atoms with Crippen LogP contribution in [0.5, 0.6) is 0 Å². The standard InChI is InChI=1S/C17H18/c1-3-15-9-7-8-12-17(15)13-14(2)16-10-5-4-6-11-16/h4-13H,3H2,1-2H3/b14-13+. The zero-order chi connectivity index (χ0) is 12.1. The molecule has 0 saturated carbocycles. The van der Waals surface area contributed by atoms with Crippen molar-refractivity contribution in [3.63, 3.8) is 0 Å². The first kappa shape index (κ1) is 11.7. The molecular weight excluding hydrogens is 204 g/mol. The number of aryl methyl sites for hydroxylation is 1. The molecule has 2 aromatic carbocycles. The Bertz CT molecular complexity index is 507. The SMILES string of the molecule is CCc1ccccc1/C=C(\C)c1ccccc1. The van der Waals surface area contributed by atoms with Crippen molar-refractivity contribution < 1.29 is 0 Å². The second-order valence-electron chi connectivity index (χ2n) is 4.25. The summed E-state index contributed by atoms with van der Waals surface area (Å²) < 4.78 is 0. The summed E-state index contributed by atoms with van der Waals surface area (Å²) in [5.74, 6) is 0. The van der Waals surface area contributed by atoms with E-state index in [2.05, 4.69) is 74.5 Å². The van der Waals surface area contributed by atoms with E-state index in [9.17, 15) is 0 Å². The molecule has 0 heteroatoms. The largest absolute Gasteiger partial charge is 0.0622 e. The van der Waals surface area contributed by atoms with Gasteiger partial charge in [0.15, 0.2) is 0 Å². The fourth-order valence-corrected chi connectivity index (χ4v) is 2.01. The van der Waals surface area contributed by atoms with Gasteiger partial charge in [-0.15, -0.1) is 0 Å².